The molecule has 0 aliphatic heterocycles. The van der Waals surface area contributed by atoms with Gasteiger partial charge >= 0.3 is 0 Å². The van der Waals surface area contributed by atoms with Crippen molar-refractivity contribution in [1.29, 1.82) is 0 Å². The van der Waals surface area contributed by atoms with E-state index in [9.17, 15) is 0 Å². The minimum Gasteiger partial charge on any atom is -0.309 e. The highest BCUT2D eigenvalue weighted by Gasteiger charge is 2.37. The number of thiophene rings is 2. The third-order valence-corrected chi connectivity index (χ3v) is 22.2. The van der Waals surface area contributed by atoms with Crippen LogP contribution in [0.25, 0.3) is 162 Å². The number of hydrogen-bond donors (Lipinski definition) is 0. The van der Waals surface area contributed by atoms with Gasteiger partial charge in [0.2, 0.25) is 0 Å². The van der Waals surface area contributed by atoms with Crippen LogP contribution in [0.5, 0.6) is 0 Å². The van der Waals surface area contributed by atoms with E-state index < -0.39 is 0 Å². The first-order valence-corrected chi connectivity index (χ1v) is 31.7. The molecule has 13 aromatic carbocycles. The molecule has 0 fully saturated rings. The molecule has 2 aliphatic carbocycles. The number of aromatic nitrogens is 2. The van der Waals surface area contributed by atoms with Crippen LogP contribution in [0, 0.1) is 0 Å². The Morgan fingerprint density at radius 2 is 0.628 bits per heavy atom. The molecule has 4 aromatic heterocycles. The van der Waals surface area contributed by atoms with E-state index in [-0.39, 0.29) is 10.8 Å². The van der Waals surface area contributed by atoms with Gasteiger partial charge in [-0.05, 0) is 174 Å². The quantitative estimate of drug-likeness (QED) is 0.163. The van der Waals surface area contributed by atoms with Crippen LogP contribution in [0.2, 0.25) is 0 Å². The highest BCUT2D eigenvalue weighted by molar-refractivity contribution is 7.26. The van der Waals surface area contributed by atoms with Crippen LogP contribution in [0.1, 0.15) is 49.9 Å². The van der Waals surface area contributed by atoms with Crippen LogP contribution >= 0.6 is 22.7 Å². The van der Waals surface area contributed by atoms with Gasteiger partial charge in [-0.2, -0.15) is 0 Å². The monoisotopic (exact) mass is 1130 g/mol. The lowest BCUT2D eigenvalue weighted by molar-refractivity contribution is 0.660. The molecular formula is C82H54N2S2. The van der Waals surface area contributed by atoms with Gasteiger partial charge in [-0.15, -0.1) is 22.7 Å². The first kappa shape index (κ1) is 48.5. The molecule has 0 bridgehead atoms. The predicted octanol–water partition coefficient (Wildman–Crippen LogP) is 23.4. The van der Waals surface area contributed by atoms with Gasteiger partial charge in [-0.25, -0.2) is 0 Å². The molecule has 0 atom stereocenters. The molecule has 0 saturated carbocycles. The summed E-state index contributed by atoms with van der Waals surface area (Å²) in [6, 6.07) is 96.9. The highest BCUT2D eigenvalue weighted by Crippen LogP contribution is 2.53. The van der Waals surface area contributed by atoms with E-state index in [2.05, 4.69) is 292 Å². The zero-order valence-electron chi connectivity index (χ0n) is 48.0. The molecule has 0 amide bonds. The van der Waals surface area contributed by atoms with Crippen molar-refractivity contribution in [2.75, 3.05) is 0 Å². The average molecular weight is 1130 g/mol. The Labute approximate surface area is 505 Å². The molecule has 19 rings (SSSR count). The van der Waals surface area contributed by atoms with E-state index >= 15 is 0 Å². The second-order valence-electron chi connectivity index (χ2n) is 25.1. The zero-order chi connectivity index (χ0) is 56.9. The summed E-state index contributed by atoms with van der Waals surface area (Å²) in [5.74, 6) is 0. The lowest BCUT2D eigenvalue weighted by atomic mass is 9.82. The molecule has 0 unspecified atom stereocenters. The summed E-state index contributed by atoms with van der Waals surface area (Å²) in [6.45, 7) is 9.52. The standard InChI is InChI=1S/C82H54N2S2/c1-81(2)65-21-11-7-17-57(65)59-33-31-51(45-67(59)81)83-69-37-29-49(43-63(69)77-71(83)39-41-75-79(77)61-19-9-13-23-73(61)85-75)47-25-27-48(28-26-47)53-35-36-54(56-16-6-5-15-55(53)56)50-30-38-70-64(44-50)78-72(40-42-76-80(78)62-20-10-14-24-74(62)86-76)84(70)52-32-34-60-58-18-8-12-22-66(58)82(3,4)68(60)46-52/h5-46H,1-4H3. The highest BCUT2D eigenvalue weighted by atomic mass is 32.1. The molecule has 4 heteroatoms. The van der Waals surface area contributed by atoms with Crippen LogP contribution in [0.3, 0.4) is 0 Å². The average Bonchev–Trinajstić information content (AvgIpc) is 1.61. The maximum Gasteiger partial charge on any atom is 0.0548 e. The minimum atomic E-state index is -0.108. The van der Waals surface area contributed by atoms with Gasteiger partial charge in [0.25, 0.3) is 0 Å². The summed E-state index contributed by atoms with van der Waals surface area (Å²) in [5, 5.41) is 13.0. The molecule has 86 heavy (non-hydrogen) atoms. The molecule has 0 saturated heterocycles. The number of fused-ring (bicyclic) bond motifs is 21. The van der Waals surface area contributed by atoms with Crippen molar-refractivity contribution in [2.45, 2.75) is 38.5 Å². The van der Waals surface area contributed by atoms with Crippen molar-refractivity contribution in [3.63, 3.8) is 0 Å². The SMILES string of the molecule is CC1(C)c2ccccc2-c2ccc(-n3c4ccc(-c5ccc(-c6ccc(-c7ccc8c(c7)c7c9c(ccc7n8-c7ccc8c(c7)C(C)(C)c7ccccc7-8)sc7ccccc79)c7ccccc67)cc5)cc4c4c5c(ccc43)sc3ccccc35)cc21. The molecule has 2 nitrogen and oxygen atoms in total. The van der Waals surface area contributed by atoms with Crippen molar-refractivity contribution in [2.24, 2.45) is 0 Å². The van der Waals surface area contributed by atoms with Gasteiger partial charge in [-0.1, -0.05) is 198 Å². The molecule has 0 radical (unpaired) electrons. The first-order chi connectivity index (χ1) is 42.2. The number of nitrogens with zero attached hydrogens (tertiary/aromatic N) is 2. The maximum atomic E-state index is 2.53. The van der Waals surface area contributed by atoms with Crippen molar-refractivity contribution >= 4 is 117 Å². The van der Waals surface area contributed by atoms with Gasteiger partial charge in [-0.3, -0.25) is 0 Å². The summed E-state index contributed by atoms with van der Waals surface area (Å²) in [6.07, 6.45) is 0. The second kappa shape index (κ2) is 17.4. The summed E-state index contributed by atoms with van der Waals surface area (Å²) in [5.41, 5.74) is 25.3. The number of hydrogen-bond acceptors (Lipinski definition) is 2. The topological polar surface area (TPSA) is 9.86 Å². The molecule has 404 valence electrons. The fraction of sp³-hybridized carbons (Fsp3) is 0.0732. The fourth-order valence-corrected chi connectivity index (χ4v) is 18.1. The van der Waals surface area contributed by atoms with Crippen LogP contribution in [0.4, 0.5) is 0 Å². The van der Waals surface area contributed by atoms with E-state index in [1.54, 1.807) is 0 Å². The Hall–Kier alpha value is -9.84. The zero-order valence-corrected chi connectivity index (χ0v) is 49.6. The Morgan fingerprint density at radius 1 is 0.244 bits per heavy atom. The van der Waals surface area contributed by atoms with Crippen LogP contribution in [0.15, 0.2) is 255 Å². The number of benzene rings is 13. The normalized spacial score (nSPS) is 14.0. The van der Waals surface area contributed by atoms with Crippen molar-refractivity contribution < 1.29 is 0 Å². The van der Waals surface area contributed by atoms with Gasteiger partial charge in [0.05, 0.1) is 22.1 Å². The molecule has 17 aromatic rings. The second-order valence-corrected chi connectivity index (χ2v) is 27.2. The third-order valence-electron chi connectivity index (χ3n) is 20.0. The van der Waals surface area contributed by atoms with Crippen molar-refractivity contribution in [3.05, 3.63) is 277 Å². The van der Waals surface area contributed by atoms with Crippen molar-refractivity contribution in [3.8, 4) is 67.0 Å². The van der Waals surface area contributed by atoms with E-state index in [1.807, 2.05) is 22.7 Å². The van der Waals surface area contributed by atoms with E-state index in [4.69, 9.17) is 0 Å². The smallest absolute Gasteiger partial charge is 0.0548 e. The van der Waals surface area contributed by atoms with E-state index in [0.29, 0.717) is 0 Å². The van der Waals surface area contributed by atoms with Crippen LogP contribution < -0.4 is 0 Å². The summed E-state index contributed by atoms with van der Waals surface area (Å²) >= 11 is 3.79. The lowest BCUT2D eigenvalue weighted by Gasteiger charge is -2.22. The molecular weight excluding hydrogens is 1080 g/mol. The lowest BCUT2D eigenvalue weighted by Crippen LogP contribution is -2.15. The number of rotatable bonds is 5. The first-order valence-electron chi connectivity index (χ1n) is 30.1. The van der Waals surface area contributed by atoms with E-state index in [0.717, 1.165) is 0 Å². The minimum absolute atomic E-state index is 0.103. The van der Waals surface area contributed by atoms with Crippen LogP contribution in [-0.2, 0) is 10.8 Å². The summed E-state index contributed by atoms with van der Waals surface area (Å²) < 4.78 is 10.3. The molecule has 2 aliphatic rings. The predicted molar refractivity (Wildman–Crippen MR) is 370 cm³/mol. The van der Waals surface area contributed by atoms with E-state index in [1.165, 1.54) is 184 Å². The van der Waals surface area contributed by atoms with Crippen LogP contribution in [-0.4, -0.2) is 9.13 Å². The Balaban J connectivity index is 0.732. The molecule has 0 N–H and O–H groups in total. The Kier molecular flexibility index (Phi) is 9.81. The fourth-order valence-electron chi connectivity index (χ4n) is 15.9. The van der Waals surface area contributed by atoms with Gasteiger partial charge in [0.15, 0.2) is 0 Å². The molecule has 0 spiro atoms. The van der Waals surface area contributed by atoms with Gasteiger partial charge in [0, 0.05) is 84.1 Å². The summed E-state index contributed by atoms with van der Waals surface area (Å²) in [4.78, 5) is 0. The Bertz CT molecular complexity index is 5830. The molecule has 4 heterocycles. The largest absolute Gasteiger partial charge is 0.309 e. The Morgan fingerprint density at radius 3 is 1.15 bits per heavy atom. The third kappa shape index (κ3) is 6.55. The summed E-state index contributed by atoms with van der Waals surface area (Å²) in [7, 11) is 0. The van der Waals surface area contributed by atoms with Crippen molar-refractivity contribution in [1.82, 2.24) is 9.13 Å². The maximum absolute atomic E-state index is 2.53. The van der Waals surface area contributed by atoms with Gasteiger partial charge in [0.1, 0.15) is 0 Å². The van der Waals surface area contributed by atoms with Gasteiger partial charge < -0.3 is 9.13 Å².